The highest BCUT2D eigenvalue weighted by molar-refractivity contribution is 7.91. The number of hydrogen-bond donors (Lipinski definition) is 0. The molecular formula is C16H16N2O2S. The Morgan fingerprint density at radius 3 is 2.05 bits per heavy atom. The normalized spacial score (nSPS) is 14.7. The first-order chi connectivity index (χ1) is 10.1. The highest BCUT2D eigenvalue weighted by Crippen LogP contribution is 2.24. The molecule has 1 aliphatic rings. The summed E-state index contributed by atoms with van der Waals surface area (Å²) in [6, 6.07) is 15.5. The Hall–Kier alpha value is -2.27. The highest BCUT2D eigenvalue weighted by atomic mass is 32.2. The van der Waals surface area contributed by atoms with E-state index >= 15 is 0 Å². The van der Waals surface area contributed by atoms with E-state index in [2.05, 4.69) is 9.80 Å². The topological polar surface area (TPSA) is 40.6 Å². The van der Waals surface area contributed by atoms with Gasteiger partial charge in [-0.2, -0.15) is 0 Å². The van der Waals surface area contributed by atoms with Crippen molar-refractivity contribution in [2.75, 3.05) is 18.6 Å². The summed E-state index contributed by atoms with van der Waals surface area (Å²) in [6.45, 7) is 0.769. The molecule has 0 aliphatic carbocycles. The molecule has 4 nitrogen and oxygen atoms in total. The maximum atomic E-state index is 12.5. The van der Waals surface area contributed by atoms with Crippen LogP contribution in [0.25, 0.3) is 0 Å². The Bertz CT molecular complexity index is 753. The van der Waals surface area contributed by atoms with Gasteiger partial charge in [0.15, 0.2) is 0 Å². The van der Waals surface area contributed by atoms with E-state index in [1.807, 2.05) is 31.6 Å². The van der Waals surface area contributed by atoms with Crippen molar-refractivity contribution in [3.8, 4) is 0 Å². The van der Waals surface area contributed by atoms with Gasteiger partial charge in [-0.1, -0.05) is 18.2 Å². The van der Waals surface area contributed by atoms with Gasteiger partial charge in [-0.15, -0.1) is 0 Å². The molecule has 0 bridgehead atoms. The Balaban J connectivity index is 1.89. The summed E-state index contributed by atoms with van der Waals surface area (Å²) in [5, 5.41) is 0. The number of nitrogens with zero attached hydrogens (tertiary/aromatic N) is 2. The van der Waals surface area contributed by atoms with Crippen LogP contribution < -0.4 is 4.90 Å². The quantitative estimate of drug-likeness (QED) is 0.874. The SMILES string of the molecule is CN1C=CN(c2ccc(S(=O)(=O)c3ccccc3)cc2)C1. The minimum atomic E-state index is -3.44. The number of rotatable bonds is 3. The molecule has 108 valence electrons. The molecule has 3 rings (SSSR count). The van der Waals surface area contributed by atoms with Crippen LogP contribution in [-0.2, 0) is 9.84 Å². The largest absolute Gasteiger partial charge is 0.361 e. The number of sulfone groups is 1. The fourth-order valence-electron chi connectivity index (χ4n) is 2.25. The zero-order chi connectivity index (χ0) is 14.9. The molecule has 21 heavy (non-hydrogen) atoms. The first-order valence-electron chi connectivity index (χ1n) is 6.63. The van der Waals surface area contributed by atoms with Crippen molar-refractivity contribution in [1.29, 1.82) is 0 Å². The van der Waals surface area contributed by atoms with Crippen LogP contribution >= 0.6 is 0 Å². The lowest BCUT2D eigenvalue weighted by Gasteiger charge is -2.18. The predicted molar refractivity (Wildman–Crippen MR) is 82.6 cm³/mol. The van der Waals surface area contributed by atoms with E-state index in [0.717, 1.165) is 12.4 Å². The van der Waals surface area contributed by atoms with Crippen LogP contribution in [0.2, 0.25) is 0 Å². The van der Waals surface area contributed by atoms with E-state index in [0.29, 0.717) is 9.79 Å². The van der Waals surface area contributed by atoms with Crippen molar-refractivity contribution in [2.45, 2.75) is 9.79 Å². The lowest BCUT2D eigenvalue weighted by Crippen LogP contribution is -2.21. The molecule has 0 amide bonds. The first kappa shape index (κ1) is 13.7. The van der Waals surface area contributed by atoms with Gasteiger partial charge in [0.2, 0.25) is 9.84 Å². The average molecular weight is 300 g/mol. The van der Waals surface area contributed by atoms with Gasteiger partial charge in [0.1, 0.15) is 0 Å². The molecule has 0 saturated carbocycles. The monoisotopic (exact) mass is 300 g/mol. The standard InChI is InChI=1S/C16H16N2O2S/c1-17-11-12-18(13-17)14-7-9-16(10-8-14)21(19,20)15-5-3-2-4-6-15/h2-12H,13H2,1H3. The second-order valence-electron chi connectivity index (χ2n) is 4.98. The van der Waals surface area contributed by atoms with Gasteiger partial charge in [-0.25, -0.2) is 8.42 Å². The summed E-state index contributed by atoms with van der Waals surface area (Å²) in [5.74, 6) is 0. The maximum Gasteiger partial charge on any atom is 0.206 e. The molecule has 0 spiro atoms. The van der Waals surface area contributed by atoms with Gasteiger partial charge in [0.25, 0.3) is 0 Å². The molecule has 0 atom stereocenters. The lowest BCUT2D eigenvalue weighted by atomic mass is 10.3. The van der Waals surface area contributed by atoms with Crippen molar-refractivity contribution in [3.63, 3.8) is 0 Å². The Morgan fingerprint density at radius 2 is 1.48 bits per heavy atom. The number of hydrogen-bond acceptors (Lipinski definition) is 4. The van der Waals surface area contributed by atoms with Gasteiger partial charge >= 0.3 is 0 Å². The predicted octanol–water partition coefficient (Wildman–Crippen LogP) is 2.70. The molecule has 5 heteroatoms. The van der Waals surface area contributed by atoms with E-state index in [1.165, 1.54) is 0 Å². The van der Waals surface area contributed by atoms with Crippen molar-refractivity contribution < 1.29 is 8.42 Å². The molecule has 1 aliphatic heterocycles. The Morgan fingerprint density at radius 1 is 0.857 bits per heavy atom. The molecule has 0 N–H and O–H groups in total. The third-order valence-electron chi connectivity index (χ3n) is 3.41. The van der Waals surface area contributed by atoms with Crippen molar-refractivity contribution >= 4 is 15.5 Å². The van der Waals surface area contributed by atoms with Gasteiger partial charge in [0.05, 0.1) is 16.5 Å². The smallest absolute Gasteiger partial charge is 0.206 e. The summed E-state index contributed by atoms with van der Waals surface area (Å²) < 4.78 is 25.0. The van der Waals surface area contributed by atoms with Crippen LogP contribution in [0, 0.1) is 0 Å². The maximum absolute atomic E-state index is 12.5. The van der Waals surface area contributed by atoms with Crippen LogP contribution in [0.3, 0.4) is 0 Å². The van der Waals surface area contributed by atoms with Crippen LogP contribution in [0.1, 0.15) is 0 Å². The molecule has 2 aromatic rings. The van der Waals surface area contributed by atoms with Crippen molar-refractivity contribution in [2.24, 2.45) is 0 Å². The fourth-order valence-corrected chi connectivity index (χ4v) is 3.53. The van der Waals surface area contributed by atoms with Gasteiger partial charge < -0.3 is 9.80 Å². The van der Waals surface area contributed by atoms with Crippen LogP contribution in [-0.4, -0.2) is 27.0 Å². The van der Waals surface area contributed by atoms with E-state index in [1.54, 1.807) is 42.5 Å². The molecular weight excluding hydrogens is 284 g/mol. The molecule has 0 aromatic heterocycles. The summed E-state index contributed by atoms with van der Waals surface area (Å²) in [4.78, 5) is 4.74. The van der Waals surface area contributed by atoms with Crippen LogP contribution in [0.5, 0.6) is 0 Å². The second-order valence-corrected chi connectivity index (χ2v) is 6.93. The molecule has 0 fully saturated rings. The lowest BCUT2D eigenvalue weighted by molar-refractivity contribution is 0.495. The van der Waals surface area contributed by atoms with Gasteiger partial charge in [-0.05, 0) is 36.4 Å². The van der Waals surface area contributed by atoms with Gasteiger partial charge in [-0.3, -0.25) is 0 Å². The summed E-state index contributed by atoms with van der Waals surface area (Å²) in [6.07, 6.45) is 3.95. The third kappa shape index (κ3) is 2.64. The molecule has 1 heterocycles. The fraction of sp³-hybridized carbons (Fsp3) is 0.125. The minimum Gasteiger partial charge on any atom is -0.361 e. The minimum absolute atomic E-state index is 0.314. The second kappa shape index (κ2) is 5.26. The molecule has 0 unspecified atom stereocenters. The third-order valence-corrected chi connectivity index (χ3v) is 5.19. The summed E-state index contributed by atoms with van der Waals surface area (Å²) in [7, 11) is -1.45. The summed E-state index contributed by atoms with van der Waals surface area (Å²) >= 11 is 0. The van der Waals surface area contributed by atoms with Crippen molar-refractivity contribution in [1.82, 2.24) is 4.90 Å². The van der Waals surface area contributed by atoms with Crippen LogP contribution in [0.4, 0.5) is 5.69 Å². The van der Waals surface area contributed by atoms with E-state index in [4.69, 9.17) is 0 Å². The summed E-state index contributed by atoms with van der Waals surface area (Å²) in [5.41, 5.74) is 0.975. The zero-order valence-electron chi connectivity index (χ0n) is 11.7. The van der Waals surface area contributed by atoms with E-state index < -0.39 is 9.84 Å². The van der Waals surface area contributed by atoms with E-state index in [-0.39, 0.29) is 0 Å². The zero-order valence-corrected chi connectivity index (χ0v) is 12.5. The number of anilines is 1. The molecule has 0 radical (unpaired) electrons. The molecule has 2 aromatic carbocycles. The average Bonchev–Trinajstić information content (AvgIpc) is 2.95. The first-order valence-corrected chi connectivity index (χ1v) is 8.11. The Labute approximate surface area is 124 Å². The Kier molecular flexibility index (Phi) is 3.43. The highest BCUT2D eigenvalue weighted by Gasteiger charge is 2.18. The van der Waals surface area contributed by atoms with E-state index in [9.17, 15) is 8.42 Å². The molecule has 0 saturated heterocycles. The number of benzene rings is 2. The van der Waals surface area contributed by atoms with Crippen LogP contribution in [0.15, 0.2) is 76.8 Å². The van der Waals surface area contributed by atoms with Crippen molar-refractivity contribution in [3.05, 3.63) is 67.0 Å². The van der Waals surface area contributed by atoms with Gasteiger partial charge in [0, 0.05) is 25.1 Å².